The van der Waals surface area contributed by atoms with Crippen molar-refractivity contribution in [2.24, 2.45) is 15.7 Å². The van der Waals surface area contributed by atoms with Crippen molar-refractivity contribution in [2.45, 2.75) is 35.6 Å². The molecular weight excluding hydrogens is 565 g/mol. The van der Waals surface area contributed by atoms with Crippen molar-refractivity contribution in [3.63, 3.8) is 0 Å². The lowest BCUT2D eigenvalue weighted by Crippen LogP contribution is -2.69. The first-order valence-electron chi connectivity index (χ1n) is 13.8. The maximum Gasteiger partial charge on any atom is 0.282 e. The van der Waals surface area contributed by atoms with Crippen LogP contribution in [0.4, 0.5) is 0 Å². The number of aryl methyl sites for hydroxylation is 2. The lowest BCUT2D eigenvalue weighted by atomic mass is 9.44. The number of fused-ring (bicyclic) bond motifs is 2. The number of hydrogen-bond acceptors (Lipinski definition) is 4. The van der Waals surface area contributed by atoms with E-state index in [4.69, 9.17) is 0 Å². The zero-order valence-corrected chi connectivity index (χ0v) is 25.1. The zero-order valence-electron chi connectivity index (χ0n) is 23.5. The summed E-state index contributed by atoms with van der Waals surface area (Å²) in [6.07, 6.45) is 1.72. The summed E-state index contributed by atoms with van der Waals surface area (Å²) in [6.45, 7) is 8.09. The molecule has 0 aromatic heterocycles. The van der Waals surface area contributed by atoms with Crippen LogP contribution in [0.25, 0.3) is 0 Å². The van der Waals surface area contributed by atoms with Gasteiger partial charge < -0.3 is 0 Å². The molecule has 42 heavy (non-hydrogen) atoms. The fraction of sp³-hybridized carbons (Fsp3) is 0.206. The summed E-state index contributed by atoms with van der Waals surface area (Å²) in [7, 11) is -8.05. The van der Waals surface area contributed by atoms with Gasteiger partial charge in [-0.2, -0.15) is 17.1 Å². The largest absolute Gasteiger partial charge is 0.282 e. The summed E-state index contributed by atoms with van der Waals surface area (Å²) in [5, 5.41) is 0. The van der Waals surface area contributed by atoms with Crippen molar-refractivity contribution in [1.82, 2.24) is 4.31 Å². The van der Waals surface area contributed by atoms with Crippen molar-refractivity contribution in [2.75, 3.05) is 6.54 Å². The average molecular weight is 597 g/mol. The number of rotatable bonds is 7. The van der Waals surface area contributed by atoms with Gasteiger partial charge >= 0.3 is 0 Å². The number of piperidine rings is 2. The Morgan fingerprint density at radius 1 is 0.738 bits per heavy atom. The topological polar surface area (TPSA) is 83.9 Å². The molecule has 2 fully saturated rings. The Morgan fingerprint density at radius 3 is 1.76 bits per heavy atom. The van der Waals surface area contributed by atoms with Crippen LogP contribution < -0.4 is 0 Å². The van der Waals surface area contributed by atoms with Crippen LogP contribution in [0, 0.1) is 25.2 Å². The fourth-order valence-corrected chi connectivity index (χ4v) is 9.44. The standard InChI is InChI=1S/C34H32N2O4S2/c1-4-34-31(26-11-7-5-8-12-26)30(32(34)35-41(37,38)28-19-15-24(2)16-20-28)23-36(33(34)27-13-9-6-10-14-27)42(39,40)29-21-17-25(3)18-22-29/h4-22,30-31,33H,1,23H2,2-3H3/b35-32-/t30?,31?,33-,34?/m0/s1. The van der Waals surface area contributed by atoms with Crippen molar-refractivity contribution < 1.29 is 16.8 Å². The predicted molar refractivity (Wildman–Crippen MR) is 165 cm³/mol. The maximum absolute atomic E-state index is 14.3. The van der Waals surface area contributed by atoms with Crippen LogP contribution in [0.3, 0.4) is 0 Å². The Hall–Kier alpha value is -3.85. The van der Waals surface area contributed by atoms with Crippen LogP contribution in [0.1, 0.15) is 34.2 Å². The molecule has 1 saturated carbocycles. The van der Waals surface area contributed by atoms with Crippen LogP contribution >= 0.6 is 0 Å². The molecule has 6 rings (SSSR count). The van der Waals surface area contributed by atoms with E-state index in [0.717, 1.165) is 22.3 Å². The van der Waals surface area contributed by atoms with Gasteiger partial charge in [-0.1, -0.05) is 102 Å². The van der Waals surface area contributed by atoms with Crippen LogP contribution in [-0.4, -0.2) is 33.4 Å². The van der Waals surface area contributed by atoms with Gasteiger partial charge in [-0.05, 0) is 49.2 Å². The highest BCUT2D eigenvalue weighted by atomic mass is 32.2. The monoisotopic (exact) mass is 596 g/mol. The van der Waals surface area contributed by atoms with Crippen molar-refractivity contribution in [3.05, 3.63) is 144 Å². The molecule has 8 heteroatoms. The van der Waals surface area contributed by atoms with E-state index in [1.807, 2.05) is 74.5 Å². The van der Waals surface area contributed by atoms with Gasteiger partial charge in [0.05, 0.1) is 21.2 Å². The molecule has 6 nitrogen and oxygen atoms in total. The van der Waals surface area contributed by atoms with E-state index < -0.39 is 37.4 Å². The summed E-state index contributed by atoms with van der Waals surface area (Å²) < 4.78 is 62.1. The molecule has 0 spiro atoms. The molecule has 4 atom stereocenters. The highest BCUT2D eigenvalue weighted by molar-refractivity contribution is 7.90. The number of sulfonamides is 2. The number of nitrogens with zero attached hydrogens (tertiary/aromatic N) is 2. The first-order chi connectivity index (χ1) is 20.1. The summed E-state index contributed by atoms with van der Waals surface area (Å²) in [6, 6.07) is 31.9. The highest BCUT2D eigenvalue weighted by Gasteiger charge is 2.69. The quantitative estimate of drug-likeness (QED) is 0.229. The summed E-state index contributed by atoms with van der Waals surface area (Å²) in [5.74, 6) is -0.691. The highest BCUT2D eigenvalue weighted by Crippen LogP contribution is 2.67. The molecule has 1 aliphatic heterocycles. The summed E-state index contributed by atoms with van der Waals surface area (Å²) in [4.78, 5) is 0.290. The average Bonchev–Trinajstić information content (AvgIpc) is 3.00. The lowest BCUT2D eigenvalue weighted by molar-refractivity contribution is 0.0591. The minimum atomic E-state index is -4.08. The second-order valence-corrected chi connectivity index (χ2v) is 14.6. The van der Waals surface area contributed by atoms with Gasteiger partial charge in [0, 0.05) is 24.1 Å². The SMILES string of the molecule is C=CC12/C(=N\S(=O)(=O)c3ccc(C)cc3)C(CN(S(=O)(=O)c3ccc(C)cc3)[C@H]1c1ccccc1)C2c1ccccc1. The maximum atomic E-state index is 14.3. The van der Waals surface area contributed by atoms with Gasteiger partial charge in [0.15, 0.2) is 0 Å². The third-order valence-corrected chi connectivity index (χ3v) is 11.8. The zero-order chi connectivity index (χ0) is 29.7. The number of hydrogen-bond donors (Lipinski definition) is 0. The molecule has 4 aromatic carbocycles. The lowest BCUT2D eigenvalue weighted by Gasteiger charge is -2.65. The first-order valence-corrected chi connectivity index (χ1v) is 16.7. The molecule has 2 bridgehead atoms. The molecule has 1 heterocycles. The van der Waals surface area contributed by atoms with Crippen molar-refractivity contribution >= 4 is 25.8 Å². The van der Waals surface area contributed by atoms with Crippen LogP contribution in [-0.2, 0) is 20.0 Å². The predicted octanol–water partition coefficient (Wildman–Crippen LogP) is 6.46. The Labute approximate surface area is 248 Å². The van der Waals surface area contributed by atoms with E-state index in [1.54, 1.807) is 54.6 Å². The van der Waals surface area contributed by atoms with Crippen LogP contribution in [0.15, 0.2) is 136 Å². The third-order valence-electron chi connectivity index (χ3n) is 8.61. The minimum Gasteiger partial charge on any atom is -0.207 e. The van der Waals surface area contributed by atoms with E-state index in [0.29, 0.717) is 5.71 Å². The molecule has 0 N–H and O–H groups in total. The van der Waals surface area contributed by atoms with Gasteiger partial charge in [-0.25, -0.2) is 8.42 Å². The Morgan fingerprint density at radius 2 is 1.24 bits per heavy atom. The summed E-state index contributed by atoms with van der Waals surface area (Å²) >= 11 is 0. The van der Waals surface area contributed by atoms with Crippen molar-refractivity contribution in [3.8, 4) is 0 Å². The molecule has 0 amide bonds. The van der Waals surface area contributed by atoms with Crippen LogP contribution in [0.2, 0.25) is 0 Å². The second kappa shape index (κ2) is 10.5. The van der Waals surface area contributed by atoms with E-state index in [-0.39, 0.29) is 22.3 Å². The van der Waals surface area contributed by atoms with Gasteiger partial charge in [0.2, 0.25) is 10.0 Å². The van der Waals surface area contributed by atoms with E-state index in [1.165, 1.54) is 4.31 Å². The van der Waals surface area contributed by atoms with Gasteiger partial charge in [0.1, 0.15) is 0 Å². The first kappa shape index (κ1) is 28.3. The molecular formula is C34H32N2O4S2. The van der Waals surface area contributed by atoms with Crippen LogP contribution in [0.5, 0.6) is 0 Å². The third kappa shape index (κ3) is 4.45. The molecule has 214 valence electrons. The Kier molecular flexibility index (Phi) is 7.04. The molecule has 2 aliphatic rings. The normalized spacial score (nSPS) is 25.1. The molecule has 3 unspecified atom stereocenters. The molecule has 0 radical (unpaired) electrons. The summed E-state index contributed by atoms with van der Waals surface area (Å²) in [5.41, 5.74) is 2.96. The Balaban J connectivity index is 1.59. The van der Waals surface area contributed by atoms with Gasteiger partial charge in [-0.3, -0.25) is 0 Å². The van der Waals surface area contributed by atoms with Crippen molar-refractivity contribution in [1.29, 1.82) is 0 Å². The molecule has 1 saturated heterocycles. The van der Waals surface area contributed by atoms with E-state index >= 15 is 0 Å². The Bertz CT molecular complexity index is 1870. The fourth-order valence-electron chi connectivity index (χ4n) is 6.63. The van der Waals surface area contributed by atoms with Gasteiger partial charge in [-0.15, -0.1) is 6.58 Å². The molecule has 1 aliphatic carbocycles. The van der Waals surface area contributed by atoms with Gasteiger partial charge in [0.25, 0.3) is 10.0 Å². The van der Waals surface area contributed by atoms with E-state index in [9.17, 15) is 16.8 Å². The molecule has 4 aromatic rings. The van der Waals surface area contributed by atoms with E-state index in [2.05, 4.69) is 11.0 Å². The second-order valence-electron chi connectivity index (χ2n) is 11.1. The number of benzene rings is 4. The smallest absolute Gasteiger partial charge is 0.207 e. The minimum absolute atomic E-state index is 0.0766.